The number of hydrogen-bond acceptors (Lipinski definition) is 4. The summed E-state index contributed by atoms with van der Waals surface area (Å²) in [4.78, 5) is 17.8. The van der Waals surface area contributed by atoms with Crippen LogP contribution in [0.15, 0.2) is 0 Å². The minimum absolute atomic E-state index is 0.109. The van der Waals surface area contributed by atoms with Gasteiger partial charge in [-0.15, -0.1) is 5.10 Å². The van der Waals surface area contributed by atoms with Crippen LogP contribution in [0.4, 0.5) is 0 Å². The van der Waals surface area contributed by atoms with Gasteiger partial charge in [-0.05, 0) is 6.42 Å². The third-order valence-electron chi connectivity index (χ3n) is 2.51. The van der Waals surface area contributed by atoms with Crippen molar-refractivity contribution in [3.8, 4) is 0 Å². The van der Waals surface area contributed by atoms with Crippen LogP contribution in [0.25, 0.3) is 0 Å². The van der Waals surface area contributed by atoms with Crippen LogP contribution in [-0.2, 0) is 11.2 Å². The highest BCUT2D eigenvalue weighted by molar-refractivity contribution is 5.90. The van der Waals surface area contributed by atoms with Crippen LogP contribution in [0.1, 0.15) is 29.8 Å². The van der Waals surface area contributed by atoms with E-state index < -0.39 is 0 Å². The van der Waals surface area contributed by atoms with Crippen LogP contribution in [-0.4, -0.2) is 52.3 Å². The Morgan fingerprint density at radius 1 is 1.50 bits per heavy atom. The van der Waals surface area contributed by atoms with Crippen molar-refractivity contribution in [3.63, 3.8) is 0 Å². The lowest BCUT2D eigenvalue weighted by Gasteiger charge is -2.25. The minimum atomic E-state index is -0.109. The Morgan fingerprint density at radius 3 is 2.94 bits per heavy atom. The van der Waals surface area contributed by atoms with Crippen molar-refractivity contribution in [3.05, 3.63) is 11.6 Å². The van der Waals surface area contributed by atoms with Gasteiger partial charge in [-0.1, -0.05) is 6.92 Å². The molecule has 6 nitrogen and oxygen atoms in total. The number of hydrogen-bond donors (Lipinski definition) is 1. The lowest BCUT2D eigenvalue weighted by Crippen LogP contribution is -2.41. The van der Waals surface area contributed by atoms with Crippen molar-refractivity contribution in [1.82, 2.24) is 20.1 Å². The van der Waals surface area contributed by atoms with Crippen molar-refractivity contribution >= 4 is 5.91 Å². The number of aryl methyl sites for hydroxylation is 1. The zero-order valence-corrected chi connectivity index (χ0v) is 9.40. The molecule has 0 radical (unpaired) electrons. The summed E-state index contributed by atoms with van der Waals surface area (Å²) in [5.74, 6) is 0.936. The van der Waals surface area contributed by atoms with Crippen LogP contribution in [0, 0.1) is 0 Å². The first-order valence-electron chi connectivity index (χ1n) is 5.59. The first-order chi connectivity index (χ1) is 7.81. The summed E-state index contributed by atoms with van der Waals surface area (Å²) >= 11 is 0. The Balaban J connectivity index is 2.01. The lowest BCUT2D eigenvalue weighted by molar-refractivity contribution is 0.0295. The molecule has 88 valence electrons. The third-order valence-corrected chi connectivity index (χ3v) is 2.51. The summed E-state index contributed by atoms with van der Waals surface area (Å²) in [6.45, 7) is 4.49. The van der Waals surface area contributed by atoms with E-state index in [2.05, 4.69) is 22.1 Å². The zero-order chi connectivity index (χ0) is 11.4. The zero-order valence-electron chi connectivity index (χ0n) is 9.40. The molecule has 1 amide bonds. The monoisotopic (exact) mass is 224 g/mol. The highest BCUT2D eigenvalue weighted by Gasteiger charge is 2.21. The number of ether oxygens (including phenoxy) is 1. The average molecular weight is 224 g/mol. The molecule has 0 bridgehead atoms. The van der Waals surface area contributed by atoms with Crippen LogP contribution >= 0.6 is 0 Å². The average Bonchev–Trinajstić information content (AvgIpc) is 2.78. The van der Waals surface area contributed by atoms with Crippen molar-refractivity contribution in [1.29, 1.82) is 0 Å². The number of morpholine rings is 1. The molecule has 1 N–H and O–H groups in total. The molecule has 0 aliphatic carbocycles. The topological polar surface area (TPSA) is 71.1 Å². The molecule has 0 atom stereocenters. The summed E-state index contributed by atoms with van der Waals surface area (Å²) < 4.78 is 5.19. The highest BCUT2D eigenvalue weighted by atomic mass is 16.5. The van der Waals surface area contributed by atoms with Gasteiger partial charge in [0.15, 0.2) is 0 Å². The Hall–Kier alpha value is -1.43. The standard InChI is InChI=1S/C10H16N4O2/c1-2-3-8-11-9(13-12-8)10(15)14-4-6-16-7-5-14/h2-7H2,1H3,(H,11,12,13). The van der Waals surface area contributed by atoms with Crippen LogP contribution in [0.3, 0.4) is 0 Å². The number of rotatable bonds is 3. The SMILES string of the molecule is CCCc1nc(C(=O)N2CCOCC2)n[nH]1. The first-order valence-corrected chi connectivity index (χ1v) is 5.59. The second kappa shape index (κ2) is 5.07. The fraction of sp³-hybridized carbons (Fsp3) is 0.700. The van der Waals surface area contributed by atoms with Gasteiger partial charge in [0.25, 0.3) is 5.91 Å². The first kappa shape index (κ1) is 11.1. The minimum Gasteiger partial charge on any atom is -0.378 e. The summed E-state index contributed by atoms with van der Waals surface area (Å²) in [5, 5.41) is 6.73. The number of aromatic amines is 1. The number of amides is 1. The summed E-state index contributed by atoms with van der Waals surface area (Å²) in [5.41, 5.74) is 0. The Kier molecular flexibility index (Phi) is 3.51. The summed E-state index contributed by atoms with van der Waals surface area (Å²) in [6, 6.07) is 0. The number of carbonyl (C=O) groups excluding carboxylic acids is 1. The van der Waals surface area contributed by atoms with E-state index >= 15 is 0 Å². The molecule has 6 heteroatoms. The van der Waals surface area contributed by atoms with E-state index in [1.54, 1.807) is 4.90 Å². The maximum atomic E-state index is 11.9. The van der Waals surface area contributed by atoms with Gasteiger partial charge in [0.05, 0.1) is 13.2 Å². The Morgan fingerprint density at radius 2 is 2.25 bits per heavy atom. The van der Waals surface area contributed by atoms with E-state index in [0.717, 1.165) is 18.7 Å². The Bertz CT molecular complexity index is 357. The van der Waals surface area contributed by atoms with Gasteiger partial charge in [-0.2, -0.15) is 0 Å². The maximum absolute atomic E-state index is 11.9. The molecule has 1 aromatic heterocycles. The molecule has 2 heterocycles. The second-order valence-corrected chi connectivity index (χ2v) is 3.76. The molecular weight excluding hydrogens is 208 g/mol. The molecule has 1 aromatic rings. The molecule has 1 aliphatic heterocycles. The van der Waals surface area contributed by atoms with Crippen molar-refractivity contribution in [2.24, 2.45) is 0 Å². The summed E-state index contributed by atoms with van der Waals surface area (Å²) in [6.07, 6.45) is 1.81. The van der Waals surface area contributed by atoms with E-state index in [4.69, 9.17) is 4.74 Å². The number of nitrogens with one attached hydrogen (secondary N) is 1. The van der Waals surface area contributed by atoms with Crippen molar-refractivity contribution in [2.75, 3.05) is 26.3 Å². The van der Waals surface area contributed by atoms with Crippen LogP contribution in [0.2, 0.25) is 0 Å². The van der Waals surface area contributed by atoms with Crippen molar-refractivity contribution < 1.29 is 9.53 Å². The molecule has 1 saturated heterocycles. The smallest absolute Gasteiger partial charge is 0.293 e. The lowest BCUT2D eigenvalue weighted by atomic mass is 10.3. The molecular formula is C10H16N4O2. The van der Waals surface area contributed by atoms with Gasteiger partial charge in [-0.3, -0.25) is 9.89 Å². The van der Waals surface area contributed by atoms with E-state index in [9.17, 15) is 4.79 Å². The van der Waals surface area contributed by atoms with Crippen molar-refractivity contribution in [2.45, 2.75) is 19.8 Å². The quantitative estimate of drug-likeness (QED) is 0.797. The van der Waals surface area contributed by atoms with Gasteiger partial charge < -0.3 is 9.64 Å². The maximum Gasteiger partial charge on any atom is 0.293 e. The van der Waals surface area contributed by atoms with Gasteiger partial charge in [0.2, 0.25) is 5.82 Å². The highest BCUT2D eigenvalue weighted by Crippen LogP contribution is 2.04. The van der Waals surface area contributed by atoms with E-state index in [1.807, 2.05) is 0 Å². The molecule has 0 spiro atoms. The molecule has 16 heavy (non-hydrogen) atoms. The van der Waals surface area contributed by atoms with Gasteiger partial charge in [0.1, 0.15) is 5.82 Å². The molecule has 2 rings (SSSR count). The predicted octanol–water partition coefficient (Wildman–Crippen LogP) is 0.230. The largest absolute Gasteiger partial charge is 0.378 e. The van der Waals surface area contributed by atoms with Gasteiger partial charge in [-0.25, -0.2) is 4.98 Å². The third kappa shape index (κ3) is 2.38. The van der Waals surface area contributed by atoms with E-state index in [-0.39, 0.29) is 11.7 Å². The fourth-order valence-corrected chi connectivity index (χ4v) is 1.65. The van der Waals surface area contributed by atoms with E-state index in [0.29, 0.717) is 26.3 Å². The Labute approximate surface area is 94.0 Å². The molecule has 1 aliphatic rings. The fourth-order valence-electron chi connectivity index (χ4n) is 1.65. The van der Waals surface area contributed by atoms with Gasteiger partial charge in [0, 0.05) is 19.5 Å². The number of carbonyl (C=O) groups is 1. The number of nitrogens with zero attached hydrogens (tertiary/aromatic N) is 3. The van der Waals surface area contributed by atoms with Gasteiger partial charge >= 0.3 is 0 Å². The van der Waals surface area contributed by atoms with Crippen LogP contribution in [0.5, 0.6) is 0 Å². The van der Waals surface area contributed by atoms with Crippen LogP contribution < -0.4 is 0 Å². The molecule has 1 fully saturated rings. The molecule has 0 aromatic carbocycles. The molecule has 0 saturated carbocycles. The number of aromatic nitrogens is 3. The second-order valence-electron chi connectivity index (χ2n) is 3.76. The number of H-pyrrole nitrogens is 1. The molecule has 0 unspecified atom stereocenters. The summed E-state index contributed by atoms with van der Waals surface area (Å²) in [7, 11) is 0. The normalized spacial score (nSPS) is 16.4. The van der Waals surface area contributed by atoms with E-state index in [1.165, 1.54) is 0 Å². The predicted molar refractivity (Wildman–Crippen MR) is 57.1 cm³/mol.